The van der Waals surface area contributed by atoms with E-state index in [1.807, 2.05) is 0 Å². The number of aliphatic hydroxyl groups excluding tert-OH is 1. The first kappa shape index (κ1) is 10.6. The second-order valence-corrected chi connectivity index (χ2v) is 3.03. The van der Waals surface area contributed by atoms with E-state index >= 15 is 0 Å². The van der Waals surface area contributed by atoms with Gasteiger partial charge in [-0.3, -0.25) is 10.1 Å². The third kappa shape index (κ3) is 2.51. The van der Waals surface area contributed by atoms with Crippen molar-refractivity contribution in [2.45, 2.75) is 12.5 Å². The summed E-state index contributed by atoms with van der Waals surface area (Å²) in [6.45, 7) is -0.175. The number of nitro benzene ring substituents is 1. The van der Waals surface area contributed by atoms with E-state index in [0.717, 1.165) is 0 Å². The molecule has 1 aromatic carbocycles. The van der Waals surface area contributed by atoms with Gasteiger partial charge in [-0.05, 0) is 6.42 Å². The number of aliphatic hydroxyl groups is 1. The van der Waals surface area contributed by atoms with Gasteiger partial charge in [0.15, 0.2) is 0 Å². The van der Waals surface area contributed by atoms with Gasteiger partial charge in [0.05, 0.1) is 11.5 Å². The average Bonchev–Trinajstić information content (AvgIpc) is 2.18. The summed E-state index contributed by atoms with van der Waals surface area (Å²) in [4.78, 5) is 10.1. The topological polar surface area (TPSA) is 89.4 Å². The summed E-state index contributed by atoms with van der Waals surface area (Å²) in [6, 6.07) is 5.95. The van der Waals surface area contributed by atoms with Crippen molar-refractivity contribution in [2.75, 3.05) is 6.61 Å². The molecule has 0 aliphatic heterocycles. The van der Waals surface area contributed by atoms with Gasteiger partial charge in [-0.25, -0.2) is 0 Å². The summed E-state index contributed by atoms with van der Waals surface area (Å²) in [5.41, 5.74) is 6.11. The molecule has 14 heavy (non-hydrogen) atoms. The minimum Gasteiger partial charge on any atom is -0.395 e. The number of nitrogens with zero attached hydrogens (tertiary/aromatic N) is 1. The van der Waals surface area contributed by atoms with E-state index in [1.54, 1.807) is 18.2 Å². The van der Waals surface area contributed by atoms with Crippen molar-refractivity contribution in [2.24, 2.45) is 5.73 Å². The molecule has 3 N–H and O–H groups in total. The number of hydrogen-bond donors (Lipinski definition) is 2. The van der Waals surface area contributed by atoms with Crippen LogP contribution in [0.15, 0.2) is 24.3 Å². The van der Waals surface area contributed by atoms with Crippen LogP contribution in [0.4, 0.5) is 5.69 Å². The van der Waals surface area contributed by atoms with E-state index in [4.69, 9.17) is 10.8 Å². The van der Waals surface area contributed by atoms with E-state index in [1.165, 1.54) is 6.07 Å². The molecule has 0 unspecified atom stereocenters. The predicted molar refractivity (Wildman–Crippen MR) is 51.9 cm³/mol. The molecule has 5 nitrogen and oxygen atoms in total. The average molecular weight is 196 g/mol. The van der Waals surface area contributed by atoms with E-state index < -0.39 is 11.0 Å². The molecule has 0 saturated carbocycles. The molecule has 0 bridgehead atoms. The molecule has 5 heteroatoms. The summed E-state index contributed by atoms with van der Waals surface area (Å²) in [7, 11) is 0. The van der Waals surface area contributed by atoms with Crippen LogP contribution >= 0.6 is 0 Å². The van der Waals surface area contributed by atoms with Gasteiger partial charge in [-0.1, -0.05) is 18.2 Å². The maximum Gasteiger partial charge on any atom is 0.272 e. The Labute approximate surface area is 81.3 Å². The SMILES string of the molecule is N[C@H](CO)Cc1ccccc1[N+](=O)[O-]. The smallest absolute Gasteiger partial charge is 0.272 e. The molecule has 0 fully saturated rings. The highest BCUT2D eigenvalue weighted by molar-refractivity contribution is 5.40. The van der Waals surface area contributed by atoms with Crippen molar-refractivity contribution in [1.29, 1.82) is 0 Å². The minimum absolute atomic E-state index is 0.0522. The third-order valence-electron chi connectivity index (χ3n) is 1.90. The number of para-hydroxylation sites is 1. The Bertz CT molecular complexity index is 328. The lowest BCUT2D eigenvalue weighted by atomic mass is 10.1. The quantitative estimate of drug-likeness (QED) is 0.540. The van der Waals surface area contributed by atoms with Crippen molar-refractivity contribution in [3.05, 3.63) is 39.9 Å². The number of nitro groups is 1. The standard InChI is InChI=1S/C9H12N2O3/c10-8(6-12)5-7-3-1-2-4-9(7)11(13)14/h1-4,8,12H,5-6,10H2/t8-/m0/s1. The van der Waals surface area contributed by atoms with Crippen LogP contribution in [0.25, 0.3) is 0 Å². The van der Waals surface area contributed by atoms with Crippen molar-refractivity contribution >= 4 is 5.69 Å². The highest BCUT2D eigenvalue weighted by Gasteiger charge is 2.14. The molecule has 1 atom stereocenters. The van der Waals surface area contributed by atoms with E-state index in [9.17, 15) is 10.1 Å². The molecular formula is C9H12N2O3. The molecule has 0 heterocycles. The second-order valence-electron chi connectivity index (χ2n) is 3.03. The minimum atomic E-state index is -0.448. The number of nitrogens with two attached hydrogens (primary N) is 1. The van der Waals surface area contributed by atoms with Gasteiger partial charge in [0.1, 0.15) is 0 Å². The molecule has 0 spiro atoms. The van der Waals surface area contributed by atoms with Crippen molar-refractivity contribution in [3.8, 4) is 0 Å². The molecular weight excluding hydrogens is 184 g/mol. The molecule has 1 aromatic rings. The lowest BCUT2D eigenvalue weighted by molar-refractivity contribution is -0.385. The summed E-state index contributed by atoms with van der Waals surface area (Å²) in [6.07, 6.45) is 0.313. The van der Waals surface area contributed by atoms with Crippen molar-refractivity contribution in [3.63, 3.8) is 0 Å². The van der Waals surface area contributed by atoms with Crippen LogP contribution in [-0.2, 0) is 6.42 Å². The van der Waals surface area contributed by atoms with Crippen LogP contribution in [-0.4, -0.2) is 22.7 Å². The highest BCUT2D eigenvalue weighted by Crippen LogP contribution is 2.18. The normalized spacial score (nSPS) is 12.4. The molecule has 76 valence electrons. The highest BCUT2D eigenvalue weighted by atomic mass is 16.6. The molecule has 0 aliphatic carbocycles. The molecule has 0 aliphatic rings. The van der Waals surface area contributed by atoms with Gasteiger partial charge < -0.3 is 10.8 Å². The summed E-state index contributed by atoms with van der Waals surface area (Å²) in [5, 5.41) is 19.3. The molecule has 1 rings (SSSR count). The summed E-state index contributed by atoms with van der Waals surface area (Å²) < 4.78 is 0. The lowest BCUT2D eigenvalue weighted by Crippen LogP contribution is -2.27. The van der Waals surface area contributed by atoms with Gasteiger partial charge in [-0.2, -0.15) is 0 Å². The molecule has 0 aromatic heterocycles. The Kier molecular flexibility index (Phi) is 3.55. The summed E-state index contributed by atoms with van der Waals surface area (Å²) >= 11 is 0. The van der Waals surface area contributed by atoms with Crippen LogP contribution in [0.5, 0.6) is 0 Å². The van der Waals surface area contributed by atoms with Crippen LogP contribution in [0.1, 0.15) is 5.56 Å². The van der Waals surface area contributed by atoms with Gasteiger partial charge >= 0.3 is 0 Å². The zero-order chi connectivity index (χ0) is 10.6. The van der Waals surface area contributed by atoms with Crippen LogP contribution < -0.4 is 5.73 Å². The Morgan fingerprint density at radius 3 is 2.71 bits per heavy atom. The van der Waals surface area contributed by atoms with Crippen LogP contribution in [0, 0.1) is 10.1 Å². The van der Waals surface area contributed by atoms with E-state index in [2.05, 4.69) is 0 Å². The largest absolute Gasteiger partial charge is 0.395 e. The first-order chi connectivity index (χ1) is 6.65. The number of hydrogen-bond acceptors (Lipinski definition) is 4. The lowest BCUT2D eigenvalue weighted by Gasteiger charge is -2.07. The van der Waals surface area contributed by atoms with Crippen molar-refractivity contribution in [1.82, 2.24) is 0 Å². The maximum atomic E-state index is 10.6. The molecule has 0 saturated heterocycles. The first-order valence-corrected chi connectivity index (χ1v) is 4.24. The number of benzene rings is 1. The monoisotopic (exact) mass is 196 g/mol. The van der Waals surface area contributed by atoms with Crippen molar-refractivity contribution < 1.29 is 10.0 Å². The summed E-state index contributed by atoms with van der Waals surface area (Å²) in [5.74, 6) is 0. The van der Waals surface area contributed by atoms with Gasteiger partial charge in [-0.15, -0.1) is 0 Å². The van der Waals surface area contributed by atoms with E-state index in [0.29, 0.717) is 12.0 Å². The Morgan fingerprint density at radius 1 is 1.50 bits per heavy atom. The van der Waals surface area contributed by atoms with Gasteiger partial charge in [0, 0.05) is 17.7 Å². The van der Waals surface area contributed by atoms with Gasteiger partial charge in [0.25, 0.3) is 5.69 Å². The fraction of sp³-hybridized carbons (Fsp3) is 0.333. The molecule has 0 amide bonds. The zero-order valence-electron chi connectivity index (χ0n) is 7.59. The number of rotatable bonds is 4. The van der Waals surface area contributed by atoms with Crippen LogP contribution in [0.3, 0.4) is 0 Å². The fourth-order valence-electron chi connectivity index (χ4n) is 1.21. The fourth-order valence-corrected chi connectivity index (χ4v) is 1.21. The Balaban J connectivity index is 2.90. The Hall–Kier alpha value is -1.46. The molecule has 0 radical (unpaired) electrons. The third-order valence-corrected chi connectivity index (χ3v) is 1.90. The van der Waals surface area contributed by atoms with Gasteiger partial charge in [0.2, 0.25) is 0 Å². The predicted octanol–water partition coefficient (Wildman–Crippen LogP) is 0.457. The first-order valence-electron chi connectivity index (χ1n) is 4.24. The van der Waals surface area contributed by atoms with Crippen LogP contribution in [0.2, 0.25) is 0 Å². The zero-order valence-corrected chi connectivity index (χ0v) is 7.59. The second kappa shape index (κ2) is 4.69. The Morgan fingerprint density at radius 2 is 2.14 bits per heavy atom. The van der Waals surface area contributed by atoms with E-state index in [-0.39, 0.29) is 12.3 Å². The maximum absolute atomic E-state index is 10.6.